The number of rotatable bonds is 3. The van der Waals surface area contributed by atoms with Crippen molar-refractivity contribution in [1.29, 1.82) is 0 Å². The molecule has 0 bridgehead atoms. The molecular formula is C14H12F4N2O. The third-order valence-electron chi connectivity index (χ3n) is 2.70. The minimum atomic E-state index is -4.73. The Balaban J connectivity index is 2.16. The molecule has 0 saturated carbocycles. The molecule has 0 aliphatic carbocycles. The standard InChI is InChI=1S/C14H12F4N2O/c1-8-6-13(12(19)7-11(8)15)20-9-2-4-10(5-3-9)21-14(16,17)18/h2-7,20H,19H2,1H3. The van der Waals surface area contributed by atoms with Gasteiger partial charge in [0.15, 0.2) is 0 Å². The molecular weight excluding hydrogens is 288 g/mol. The van der Waals surface area contributed by atoms with E-state index in [0.717, 1.165) is 0 Å². The normalized spacial score (nSPS) is 11.3. The Bertz CT molecular complexity index is 639. The highest BCUT2D eigenvalue weighted by atomic mass is 19.4. The third kappa shape index (κ3) is 4.01. The topological polar surface area (TPSA) is 47.3 Å². The molecule has 21 heavy (non-hydrogen) atoms. The second-order valence-electron chi connectivity index (χ2n) is 4.39. The molecule has 112 valence electrons. The Kier molecular flexibility index (Phi) is 3.93. The zero-order chi connectivity index (χ0) is 15.6. The van der Waals surface area contributed by atoms with Crippen LogP contribution in [0.5, 0.6) is 5.75 Å². The van der Waals surface area contributed by atoms with Gasteiger partial charge in [-0.3, -0.25) is 0 Å². The summed E-state index contributed by atoms with van der Waals surface area (Å²) in [6, 6.07) is 7.84. The van der Waals surface area contributed by atoms with Crippen LogP contribution in [0.15, 0.2) is 36.4 Å². The van der Waals surface area contributed by atoms with E-state index < -0.39 is 12.2 Å². The Hall–Kier alpha value is -2.44. The maximum absolute atomic E-state index is 13.3. The van der Waals surface area contributed by atoms with Gasteiger partial charge in [0.1, 0.15) is 11.6 Å². The molecule has 0 aromatic heterocycles. The van der Waals surface area contributed by atoms with Gasteiger partial charge in [-0.2, -0.15) is 0 Å². The van der Waals surface area contributed by atoms with Gasteiger partial charge < -0.3 is 15.8 Å². The predicted octanol–water partition coefficient (Wildman–Crippen LogP) is 4.36. The van der Waals surface area contributed by atoms with E-state index in [1.807, 2.05) is 0 Å². The fraction of sp³-hybridized carbons (Fsp3) is 0.143. The molecule has 7 heteroatoms. The fourth-order valence-electron chi connectivity index (χ4n) is 1.70. The maximum Gasteiger partial charge on any atom is 0.573 e. The number of aryl methyl sites for hydroxylation is 1. The summed E-state index contributed by atoms with van der Waals surface area (Å²) in [6.45, 7) is 1.58. The second-order valence-corrected chi connectivity index (χ2v) is 4.39. The number of ether oxygens (including phenoxy) is 1. The number of halogens is 4. The molecule has 0 radical (unpaired) electrons. The van der Waals surface area contributed by atoms with Crippen molar-refractivity contribution in [3.8, 4) is 5.75 Å². The molecule has 0 aliphatic rings. The van der Waals surface area contributed by atoms with E-state index in [1.165, 1.54) is 36.4 Å². The highest BCUT2D eigenvalue weighted by Gasteiger charge is 2.30. The number of nitrogens with two attached hydrogens (primary N) is 1. The molecule has 2 rings (SSSR count). The number of anilines is 3. The lowest BCUT2D eigenvalue weighted by Gasteiger charge is -2.12. The molecule has 0 spiro atoms. The van der Waals surface area contributed by atoms with Crippen molar-refractivity contribution >= 4 is 17.1 Å². The van der Waals surface area contributed by atoms with Crippen LogP contribution in [0.2, 0.25) is 0 Å². The van der Waals surface area contributed by atoms with E-state index in [9.17, 15) is 17.6 Å². The van der Waals surface area contributed by atoms with Crippen LogP contribution >= 0.6 is 0 Å². The van der Waals surface area contributed by atoms with Crippen molar-refractivity contribution in [2.75, 3.05) is 11.1 Å². The summed E-state index contributed by atoms with van der Waals surface area (Å²) in [7, 11) is 0. The first-order chi connectivity index (χ1) is 9.74. The molecule has 3 N–H and O–H groups in total. The first kappa shape index (κ1) is 15.0. The minimum absolute atomic E-state index is 0.203. The summed E-state index contributed by atoms with van der Waals surface area (Å²) in [5.41, 5.74) is 7.26. The maximum atomic E-state index is 13.3. The van der Waals surface area contributed by atoms with E-state index >= 15 is 0 Å². The van der Waals surface area contributed by atoms with Crippen molar-refractivity contribution in [3.63, 3.8) is 0 Å². The monoisotopic (exact) mass is 300 g/mol. The smallest absolute Gasteiger partial charge is 0.406 e. The molecule has 0 aliphatic heterocycles. The highest BCUT2D eigenvalue weighted by molar-refractivity contribution is 5.73. The van der Waals surface area contributed by atoms with Crippen molar-refractivity contribution in [1.82, 2.24) is 0 Å². The van der Waals surface area contributed by atoms with Gasteiger partial charge >= 0.3 is 6.36 Å². The van der Waals surface area contributed by atoms with Crippen LogP contribution in [-0.2, 0) is 0 Å². The van der Waals surface area contributed by atoms with E-state index in [4.69, 9.17) is 5.73 Å². The van der Waals surface area contributed by atoms with Crippen LogP contribution in [0.25, 0.3) is 0 Å². The third-order valence-corrected chi connectivity index (χ3v) is 2.70. The van der Waals surface area contributed by atoms with Gasteiger partial charge in [0.25, 0.3) is 0 Å². The van der Waals surface area contributed by atoms with Crippen LogP contribution in [0.3, 0.4) is 0 Å². The first-order valence-electron chi connectivity index (χ1n) is 5.93. The van der Waals surface area contributed by atoms with E-state index in [-0.39, 0.29) is 11.4 Å². The Morgan fingerprint density at radius 3 is 2.29 bits per heavy atom. The van der Waals surface area contributed by atoms with Gasteiger partial charge in [-0.15, -0.1) is 13.2 Å². The van der Waals surface area contributed by atoms with Crippen LogP contribution in [0, 0.1) is 12.7 Å². The number of hydrogen-bond acceptors (Lipinski definition) is 3. The summed E-state index contributed by atoms with van der Waals surface area (Å²) in [5, 5.41) is 2.90. The minimum Gasteiger partial charge on any atom is -0.406 e. The van der Waals surface area contributed by atoms with Gasteiger partial charge in [0.05, 0.1) is 11.4 Å². The summed E-state index contributed by atoms with van der Waals surface area (Å²) < 4.78 is 53.1. The molecule has 0 amide bonds. The molecule has 0 atom stereocenters. The number of benzene rings is 2. The highest BCUT2D eigenvalue weighted by Crippen LogP contribution is 2.28. The Labute approximate surface area is 118 Å². The zero-order valence-corrected chi connectivity index (χ0v) is 11.0. The summed E-state index contributed by atoms with van der Waals surface area (Å²) in [5.74, 6) is -0.747. The van der Waals surface area contributed by atoms with Gasteiger partial charge in [-0.05, 0) is 48.9 Å². The van der Waals surface area contributed by atoms with Crippen LogP contribution in [0.1, 0.15) is 5.56 Å². The summed E-state index contributed by atoms with van der Waals surface area (Å²) in [6.07, 6.45) is -4.73. The van der Waals surface area contributed by atoms with Crippen LogP contribution in [-0.4, -0.2) is 6.36 Å². The second kappa shape index (κ2) is 5.51. The predicted molar refractivity (Wildman–Crippen MR) is 72.0 cm³/mol. The lowest BCUT2D eigenvalue weighted by Crippen LogP contribution is -2.16. The van der Waals surface area contributed by atoms with Crippen molar-refractivity contribution in [3.05, 3.63) is 47.8 Å². The van der Waals surface area contributed by atoms with Gasteiger partial charge in [0.2, 0.25) is 0 Å². The van der Waals surface area contributed by atoms with Crippen molar-refractivity contribution in [2.24, 2.45) is 0 Å². The Morgan fingerprint density at radius 2 is 1.71 bits per heavy atom. The van der Waals surface area contributed by atoms with E-state index in [2.05, 4.69) is 10.1 Å². The quantitative estimate of drug-likeness (QED) is 0.654. The average molecular weight is 300 g/mol. The number of alkyl halides is 3. The molecule has 2 aromatic rings. The van der Waals surface area contributed by atoms with Crippen molar-refractivity contribution < 1.29 is 22.3 Å². The SMILES string of the molecule is Cc1cc(Nc2ccc(OC(F)(F)F)cc2)c(N)cc1F. The summed E-state index contributed by atoms with van der Waals surface area (Å²) >= 11 is 0. The van der Waals surface area contributed by atoms with E-state index in [1.54, 1.807) is 6.92 Å². The summed E-state index contributed by atoms with van der Waals surface area (Å²) in [4.78, 5) is 0. The number of nitrogens with one attached hydrogen (secondary N) is 1. The van der Waals surface area contributed by atoms with Crippen molar-refractivity contribution in [2.45, 2.75) is 13.3 Å². The molecule has 0 saturated heterocycles. The van der Waals surface area contributed by atoms with Gasteiger partial charge in [0, 0.05) is 5.69 Å². The molecule has 0 fully saturated rings. The molecule has 0 unspecified atom stereocenters. The first-order valence-corrected chi connectivity index (χ1v) is 5.93. The van der Waals surface area contributed by atoms with Crippen LogP contribution in [0.4, 0.5) is 34.6 Å². The molecule has 0 heterocycles. The molecule has 2 aromatic carbocycles. The van der Waals surface area contributed by atoms with Gasteiger partial charge in [-0.1, -0.05) is 0 Å². The number of hydrogen-bond donors (Lipinski definition) is 2. The average Bonchev–Trinajstić information content (AvgIpc) is 2.36. The Morgan fingerprint density at radius 1 is 1.10 bits per heavy atom. The fourth-order valence-corrected chi connectivity index (χ4v) is 1.70. The van der Waals surface area contributed by atoms with Gasteiger partial charge in [-0.25, -0.2) is 4.39 Å². The van der Waals surface area contributed by atoms with E-state index in [0.29, 0.717) is 16.9 Å². The number of nitrogen functional groups attached to an aromatic ring is 1. The zero-order valence-electron chi connectivity index (χ0n) is 11.0. The lowest BCUT2D eigenvalue weighted by molar-refractivity contribution is -0.274. The lowest BCUT2D eigenvalue weighted by atomic mass is 10.1. The van der Waals surface area contributed by atoms with Crippen LogP contribution < -0.4 is 15.8 Å². The molecule has 3 nitrogen and oxygen atoms in total. The largest absolute Gasteiger partial charge is 0.573 e.